The van der Waals surface area contributed by atoms with E-state index in [2.05, 4.69) is 0 Å². The molecule has 3 nitrogen and oxygen atoms in total. The van der Waals surface area contributed by atoms with Crippen molar-refractivity contribution in [2.24, 2.45) is 0 Å². The van der Waals surface area contributed by atoms with Crippen LogP contribution in [0, 0.1) is 0 Å². The van der Waals surface area contributed by atoms with Crippen LogP contribution >= 0.6 is 0 Å². The molecule has 3 N–H and O–H groups in total. The predicted molar refractivity (Wildman–Crippen MR) is 30.9 cm³/mol. The van der Waals surface area contributed by atoms with Crippen LogP contribution in [-0.4, -0.2) is 84.6 Å². The zero-order chi connectivity index (χ0) is 3.58. The van der Waals surface area contributed by atoms with Crippen molar-refractivity contribution in [2.45, 2.75) is 0 Å². The SMILES string of the molecule is OB(O)O.[CaH2].[SbH3]. The summed E-state index contributed by atoms with van der Waals surface area (Å²) in [6, 6.07) is 0. The molecule has 0 aromatic rings. The first kappa shape index (κ1) is 15.7. The van der Waals surface area contributed by atoms with Gasteiger partial charge < -0.3 is 15.1 Å². The first-order valence-electron chi connectivity index (χ1n) is 0.775. The molecule has 0 aliphatic rings. The number of hydrogen-bond donors (Lipinski definition) is 3. The van der Waals surface area contributed by atoms with Crippen LogP contribution in [0.1, 0.15) is 0 Å². The molecule has 0 heterocycles. The Kier molecular flexibility index (Phi) is 26.4. The summed E-state index contributed by atoms with van der Waals surface area (Å²) in [5, 5.41) is 21.5. The Labute approximate surface area is 83.4 Å². The molecule has 0 rings (SSSR count). The molecule has 0 bridgehead atoms. The topological polar surface area (TPSA) is 60.7 Å². The van der Waals surface area contributed by atoms with Gasteiger partial charge in [0.25, 0.3) is 0 Å². The summed E-state index contributed by atoms with van der Waals surface area (Å²) < 4.78 is 0. The van der Waals surface area contributed by atoms with E-state index in [0.29, 0.717) is 0 Å². The molecular formula is H8BCaO3Sb. The van der Waals surface area contributed by atoms with Crippen LogP contribution in [0.4, 0.5) is 0 Å². The van der Waals surface area contributed by atoms with Crippen LogP contribution in [0.2, 0.25) is 0 Å². The molecule has 0 amide bonds. The molecule has 0 spiro atoms. The fourth-order valence-corrected chi connectivity index (χ4v) is 0. The molecular weight excluding hydrogens is 221 g/mol. The Morgan fingerprint density at radius 1 is 1.00 bits per heavy atom. The molecule has 36 valence electrons. The van der Waals surface area contributed by atoms with Gasteiger partial charge in [-0.2, -0.15) is 0 Å². The third-order valence-electron chi connectivity index (χ3n) is 0. The van der Waals surface area contributed by atoms with Gasteiger partial charge in [0.05, 0.1) is 0 Å². The van der Waals surface area contributed by atoms with E-state index in [9.17, 15) is 0 Å². The van der Waals surface area contributed by atoms with Gasteiger partial charge in [-0.05, 0) is 0 Å². The Bertz CT molecular complexity index is 15.5. The molecule has 0 unspecified atom stereocenters. The van der Waals surface area contributed by atoms with E-state index >= 15 is 0 Å². The van der Waals surface area contributed by atoms with E-state index in [1.807, 2.05) is 0 Å². The summed E-state index contributed by atoms with van der Waals surface area (Å²) in [5.41, 5.74) is 0. The normalized spacial score (nSPS) is 4.50. The van der Waals surface area contributed by atoms with Gasteiger partial charge in [-0.1, -0.05) is 0 Å². The standard InChI is InChI=1S/BH3O3.Ca.Sb.5H/c2-1(3)4;;;;;;;/h2-4H;;;;;;;. The molecule has 0 radical (unpaired) electrons. The second-order valence-corrected chi connectivity index (χ2v) is 0.346. The van der Waals surface area contributed by atoms with Crippen molar-refractivity contribution in [3.8, 4) is 0 Å². The third-order valence-corrected chi connectivity index (χ3v) is 0. The predicted octanol–water partition coefficient (Wildman–Crippen LogP) is -4.15. The van der Waals surface area contributed by atoms with Gasteiger partial charge in [-0.15, -0.1) is 0 Å². The molecule has 0 fully saturated rings. The van der Waals surface area contributed by atoms with Gasteiger partial charge in [-0.25, -0.2) is 0 Å². The average molecular weight is 229 g/mol. The fraction of sp³-hybridized carbons (Fsp3) is 0. The molecule has 0 aromatic heterocycles. The molecule has 0 atom stereocenters. The van der Waals surface area contributed by atoms with Gasteiger partial charge in [-0.3, -0.25) is 0 Å². The Hall–Kier alpha value is 2.02. The molecule has 0 aliphatic heterocycles. The van der Waals surface area contributed by atoms with Crippen molar-refractivity contribution in [1.29, 1.82) is 0 Å². The Balaban J connectivity index is -0.0000000450. The zero-order valence-electron chi connectivity index (χ0n) is 2.63. The second kappa shape index (κ2) is 10.1. The van der Waals surface area contributed by atoms with Crippen LogP contribution in [-0.2, 0) is 0 Å². The number of hydrogen-bond acceptors (Lipinski definition) is 3. The minimum absolute atomic E-state index is 0. The maximum absolute atomic E-state index is 7.17. The fourth-order valence-electron chi connectivity index (χ4n) is 0. The van der Waals surface area contributed by atoms with Crippen LogP contribution in [0.15, 0.2) is 0 Å². The van der Waals surface area contributed by atoms with Gasteiger partial charge in [0.1, 0.15) is 0 Å². The molecule has 6 heavy (non-hydrogen) atoms. The van der Waals surface area contributed by atoms with Gasteiger partial charge in [0.15, 0.2) is 0 Å². The van der Waals surface area contributed by atoms with E-state index in [-0.39, 0.29) is 62.2 Å². The van der Waals surface area contributed by atoms with E-state index in [1.54, 1.807) is 0 Å². The van der Waals surface area contributed by atoms with Crippen LogP contribution in [0.3, 0.4) is 0 Å². The molecule has 0 aromatic carbocycles. The quantitative estimate of drug-likeness (QED) is 0.369. The molecule has 0 saturated carbocycles. The van der Waals surface area contributed by atoms with Crippen molar-refractivity contribution < 1.29 is 15.1 Å². The number of rotatable bonds is 0. The van der Waals surface area contributed by atoms with Crippen LogP contribution in [0.5, 0.6) is 0 Å². The monoisotopic (exact) mass is 228 g/mol. The van der Waals surface area contributed by atoms with E-state index in [0.717, 1.165) is 0 Å². The Morgan fingerprint density at radius 2 is 1.00 bits per heavy atom. The molecule has 0 aliphatic carbocycles. The maximum atomic E-state index is 7.17. The zero-order valence-corrected chi connectivity index (χ0v) is 6.66. The molecule has 6 heteroatoms. The second-order valence-electron chi connectivity index (χ2n) is 0.346. The Morgan fingerprint density at radius 3 is 1.00 bits per heavy atom. The van der Waals surface area contributed by atoms with Crippen molar-refractivity contribution in [3.05, 3.63) is 0 Å². The van der Waals surface area contributed by atoms with Crippen LogP contribution < -0.4 is 0 Å². The summed E-state index contributed by atoms with van der Waals surface area (Å²) in [6.07, 6.45) is 0. The van der Waals surface area contributed by atoms with E-state index in [1.165, 1.54) is 0 Å². The van der Waals surface area contributed by atoms with Gasteiger partial charge in [0, 0.05) is 0 Å². The van der Waals surface area contributed by atoms with Crippen molar-refractivity contribution in [1.82, 2.24) is 0 Å². The first-order chi connectivity index (χ1) is 1.73. The average Bonchev–Trinajstić information content (AvgIpc) is 0.811. The summed E-state index contributed by atoms with van der Waals surface area (Å²) in [6.45, 7) is 0. The van der Waals surface area contributed by atoms with E-state index < -0.39 is 7.32 Å². The summed E-state index contributed by atoms with van der Waals surface area (Å²) in [7, 11) is -2.17. The van der Waals surface area contributed by atoms with Crippen molar-refractivity contribution >= 4 is 69.5 Å². The van der Waals surface area contributed by atoms with Crippen molar-refractivity contribution in [2.75, 3.05) is 0 Å². The van der Waals surface area contributed by atoms with Crippen molar-refractivity contribution in [3.63, 3.8) is 0 Å². The summed E-state index contributed by atoms with van der Waals surface area (Å²) >= 11 is 0. The summed E-state index contributed by atoms with van der Waals surface area (Å²) in [5.74, 6) is 0. The van der Waals surface area contributed by atoms with Gasteiger partial charge >= 0.3 is 69.5 Å². The third kappa shape index (κ3) is 37.1. The molecule has 0 saturated heterocycles. The van der Waals surface area contributed by atoms with E-state index in [4.69, 9.17) is 15.1 Å². The first-order valence-corrected chi connectivity index (χ1v) is 0.775. The minimum atomic E-state index is -2.17. The van der Waals surface area contributed by atoms with Crippen LogP contribution in [0.25, 0.3) is 0 Å². The van der Waals surface area contributed by atoms with Gasteiger partial charge in [0.2, 0.25) is 0 Å². The summed E-state index contributed by atoms with van der Waals surface area (Å²) in [4.78, 5) is 0.